The molecular weight excluding hydrogens is 465 g/mol. The normalized spacial score (nSPS) is 11.6. The third kappa shape index (κ3) is 4.93. The second-order valence-electron chi connectivity index (χ2n) is 8.06. The lowest BCUT2D eigenvalue weighted by Gasteiger charge is -2.10. The maximum absolute atomic E-state index is 13.8. The molecule has 0 unspecified atom stereocenters. The van der Waals surface area contributed by atoms with E-state index in [2.05, 4.69) is 9.97 Å². The van der Waals surface area contributed by atoms with Crippen LogP contribution in [0, 0.1) is 5.82 Å². The third-order valence-electron chi connectivity index (χ3n) is 5.63. The minimum Gasteiger partial charge on any atom is -0.457 e. The van der Waals surface area contributed by atoms with E-state index in [1.54, 1.807) is 31.3 Å². The number of rotatable bonds is 7. The Morgan fingerprint density at radius 1 is 0.943 bits per heavy atom. The highest BCUT2D eigenvalue weighted by Crippen LogP contribution is 2.31. The summed E-state index contributed by atoms with van der Waals surface area (Å²) in [6.45, 7) is 1.61. The number of ether oxygens (including phenoxy) is 1. The van der Waals surface area contributed by atoms with Crippen LogP contribution in [0.5, 0.6) is 11.5 Å². The van der Waals surface area contributed by atoms with Gasteiger partial charge in [0, 0.05) is 12.3 Å². The van der Waals surface area contributed by atoms with Crippen molar-refractivity contribution in [1.82, 2.24) is 15.0 Å². The number of pyridine rings is 1. The number of halogens is 1. The topological polar surface area (TPSA) is 84.9 Å². The lowest BCUT2D eigenvalue weighted by molar-refractivity contribution is 0.482. The van der Waals surface area contributed by atoms with Gasteiger partial charge >= 0.3 is 0 Å². The van der Waals surface area contributed by atoms with Crippen molar-refractivity contribution in [3.8, 4) is 23.0 Å². The molecule has 2 aromatic heterocycles. The first kappa shape index (κ1) is 22.7. The van der Waals surface area contributed by atoms with Crippen LogP contribution in [0.15, 0.2) is 90.0 Å². The van der Waals surface area contributed by atoms with Crippen molar-refractivity contribution in [3.05, 3.63) is 102 Å². The number of benzene rings is 3. The second-order valence-corrected chi connectivity index (χ2v) is 10.3. The Bertz CT molecular complexity index is 1600. The molecule has 2 heterocycles. The highest BCUT2D eigenvalue weighted by molar-refractivity contribution is 7.91. The quantitative estimate of drug-likeness (QED) is 0.307. The van der Waals surface area contributed by atoms with Gasteiger partial charge in [0.2, 0.25) is 0 Å². The van der Waals surface area contributed by atoms with Crippen LogP contribution < -0.4 is 4.74 Å². The Morgan fingerprint density at radius 3 is 2.49 bits per heavy atom. The Labute approximate surface area is 202 Å². The number of imidazole rings is 1. The predicted octanol–water partition coefficient (Wildman–Crippen LogP) is 5.94. The maximum atomic E-state index is 13.8. The first-order valence-electron chi connectivity index (χ1n) is 11.1. The molecule has 5 aromatic rings. The molecule has 0 amide bonds. The summed E-state index contributed by atoms with van der Waals surface area (Å²) in [7, 11) is -3.29. The molecule has 8 heteroatoms. The molecule has 0 saturated carbocycles. The summed E-state index contributed by atoms with van der Waals surface area (Å²) in [5, 5.41) is 0. The van der Waals surface area contributed by atoms with Gasteiger partial charge in [-0.05, 0) is 72.1 Å². The van der Waals surface area contributed by atoms with Gasteiger partial charge < -0.3 is 9.72 Å². The van der Waals surface area contributed by atoms with Gasteiger partial charge in [-0.3, -0.25) is 4.98 Å². The Balaban J connectivity index is 1.55. The second kappa shape index (κ2) is 9.31. The molecular formula is C27H22FN3O3S. The lowest BCUT2D eigenvalue weighted by Crippen LogP contribution is -2.03. The van der Waals surface area contributed by atoms with Gasteiger partial charge in [-0.2, -0.15) is 0 Å². The van der Waals surface area contributed by atoms with Crippen LogP contribution in [0.2, 0.25) is 0 Å². The molecule has 35 heavy (non-hydrogen) atoms. The number of aromatic nitrogens is 3. The van der Waals surface area contributed by atoms with E-state index < -0.39 is 9.84 Å². The van der Waals surface area contributed by atoms with Crippen LogP contribution in [0.1, 0.15) is 18.1 Å². The number of sulfone groups is 1. The first-order valence-corrected chi connectivity index (χ1v) is 12.8. The van der Waals surface area contributed by atoms with E-state index in [-0.39, 0.29) is 16.5 Å². The summed E-state index contributed by atoms with van der Waals surface area (Å²) in [5.41, 5.74) is 3.86. The Morgan fingerprint density at radius 2 is 1.77 bits per heavy atom. The minimum atomic E-state index is -3.29. The number of fused-ring (bicyclic) bond motifs is 1. The predicted molar refractivity (Wildman–Crippen MR) is 133 cm³/mol. The number of hydrogen-bond donors (Lipinski definition) is 1. The van der Waals surface area contributed by atoms with Gasteiger partial charge in [-0.15, -0.1) is 0 Å². The molecule has 1 N–H and O–H groups in total. The fourth-order valence-electron chi connectivity index (χ4n) is 3.86. The van der Waals surface area contributed by atoms with E-state index in [1.807, 2.05) is 36.4 Å². The van der Waals surface area contributed by atoms with E-state index in [9.17, 15) is 12.8 Å². The monoisotopic (exact) mass is 487 g/mol. The number of hydrogen-bond acceptors (Lipinski definition) is 5. The Kier molecular flexibility index (Phi) is 6.05. The van der Waals surface area contributed by atoms with Crippen molar-refractivity contribution in [2.75, 3.05) is 5.75 Å². The SMILES string of the molecule is CCS(=O)(=O)c1ccc(Oc2cc(Cc3cccc(F)c3)c3nc(-c4ccccn4)[nH]c3c2)cc1. The Hall–Kier alpha value is -4.04. The molecule has 0 atom stereocenters. The molecule has 0 spiro atoms. The number of aromatic amines is 1. The summed E-state index contributed by atoms with van der Waals surface area (Å²) >= 11 is 0. The molecule has 5 rings (SSSR count). The molecule has 176 valence electrons. The largest absolute Gasteiger partial charge is 0.457 e. The average molecular weight is 488 g/mol. The summed E-state index contributed by atoms with van der Waals surface area (Å²) in [6.07, 6.45) is 2.15. The van der Waals surface area contributed by atoms with Gasteiger partial charge in [-0.1, -0.05) is 25.1 Å². The fraction of sp³-hybridized carbons (Fsp3) is 0.111. The molecule has 3 aromatic carbocycles. The van der Waals surface area contributed by atoms with Crippen LogP contribution in [0.3, 0.4) is 0 Å². The average Bonchev–Trinajstić information content (AvgIpc) is 3.30. The zero-order chi connectivity index (χ0) is 24.4. The molecule has 0 radical (unpaired) electrons. The van der Waals surface area contributed by atoms with Crippen LogP contribution in [-0.4, -0.2) is 29.1 Å². The van der Waals surface area contributed by atoms with E-state index in [0.717, 1.165) is 22.2 Å². The van der Waals surface area contributed by atoms with Gasteiger partial charge in [0.05, 0.1) is 21.7 Å². The first-order chi connectivity index (χ1) is 16.9. The molecule has 0 aliphatic rings. The summed E-state index contributed by atoms with van der Waals surface area (Å²) in [5.74, 6) is 1.40. The summed E-state index contributed by atoms with van der Waals surface area (Å²) in [6, 6.07) is 22.1. The molecule has 0 aliphatic heterocycles. The zero-order valence-corrected chi connectivity index (χ0v) is 19.7. The van der Waals surface area contributed by atoms with E-state index in [1.165, 1.54) is 24.3 Å². The van der Waals surface area contributed by atoms with Crippen molar-refractivity contribution in [2.45, 2.75) is 18.2 Å². The fourth-order valence-corrected chi connectivity index (χ4v) is 4.75. The highest BCUT2D eigenvalue weighted by atomic mass is 32.2. The van der Waals surface area contributed by atoms with Gasteiger partial charge in [0.25, 0.3) is 0 Å². The van der Waals surface area contributed by atoms with Gasteiger partial charge in [0.1, 0.15) is 23.0 Å². The molecule has 6 nitrogen and oxygen atoms in total. The van der Waals surface area contributed by atoms with E-state index >= 15 is 0 Å². The van der Waals surface area contributed by atoms with Crippen molar-refractivity contribution in [2.24, 2.45) is 0 Å². The van der Waals surface area contributed by atoms with Crippen molar-refractivity contribution in [1.29, 1.82) is 0 Å². The van der Waals surface area contributed by atoms with Crippen LogP contribution in [0.4, 0.5) is 4.39 Å². The molecule has 0 fully saturated rings. The molecule has 0 saturated heterocycles. The highest BCUT2D eigenvalue weighted by Gasteiger charge is 2.15. The maximum Gasteiger partial charge on any atom is 0.178 e. The summed E-state index contributed by atoms with van der Waals surface area (Å²) < 4.78 is 44.1. The van der Waals surface area contributed by atoms with Gasteiger partial charge in [-0.25, -0.2) is 17.8 Å². The lowest BCUT2D eigenvalue weighted by atomic mass is 10.0. The standard InChI is InChI=1S/C27H22FN3O3S/c1-2-35(32,33)23-11-9-21(10-12-23)34-22-16-19(14-18-6-5-7-20(28)15-18)26-25(17-22)30-27(31-26)24-8-3-4-13-29-24/h3-13,15-17H,2,14H2,1H3,(H,30,31). The van der Waals surface area contributed by atoms with E-state index in [0.29, 0.717) is 29.4 Å². The van der Waals surface area contributed by atoms with Crippen LogP contribution in [-0.2, 0) is 16.3 Å². The third-order valence-corrected chi connectivity index (χ3v) is 7.38. The number of H-pyrrole nitrogens is 1. The molecule has 0 aliphatic carbocycles. The van der Waals surface area contributed by atoms with Crippen LogP contribution in [0.25, 0.3) is 22.6 Å². The molecule has 0 bridgehead atoms. The van der Waals surface area contributed by atoms with Crippen molar-refractivity contribution >= 4 is 20.9 Å². The smallest absolute Gasteiger partial charge is 0.178 e. The van der Waals surface area contributed by atoms with Crippen molar-refractivity contribution < 1.29 is 17.5 Å². The van der Waals surface area contributed by atoms with Crippen molar-refractivity contribution in [3.63, 3.8) is 0 Å². The number of nitrogens with one attached hydrogen (secondary N) is 1. The van der Waals surface area contributed by atoms with E-state index in [4.69, 9.17) is 9.72 Å². The number of nitrogens with zero attached hydrogens (tertiary/aromatic N) is 2. The summed E-state index contributed by atoms with van der Waals surface area (Å²) in [4.78, 5) is 12.7. The zero-order valence-electron chi connectivity index (χ0n) is 18.9. The van der Waals surface area contributed by atoms with Gasteiger partial charge in [0.15, 0.2) is 15.7 Å². The van der Waals surface area contributed by atoms with Crippen LogP contribution >= 0.6 is 0 Å². The minimum absolute atomic E-state index is 0.0335.